The van der Waals surface area contributed by atoms with Crippen LogP contribution in [0, 0.1) is 0 Å². The van der Waals surface area contributed by atoms with Crippen molar-refractivity contribution in [3.8, 4) is 28.4 Å². The second-order valence-corrected chi connectivity index (χ2v) is 9.00. The Bertz CT molecular complexity index is 1130. The number of anilines is 1. The highest BCUT2D eigenvalue weighted by Crippen LogP contribution is 2.34. The zero-order valence-electron chi connectivity index (χ0n) is 21.3. The molecular formula is C30H36N2O4. The summed E-state index contributed by atoms with van der Waals surface area (Å²) in [5.41, 5.74) is 4.13. The van der Waals surface area contributed by atoms with Gasteiger partial charge in [0.1, 0.15) is 5.75 Å². The number of carbonyl (C=O) groups is 1. The molecule has 0 atom stereocenters. The van der Waals surface area contributed by atoms with Crippen LogP contribution in [-0.2, 0) is 11.3 Å². The van der Waals surface area contributed by atoms with Gasteiger partial charge in [-0.1, -0.05) is 49.6 Å². The van der Waals surface area contributed by atoms with Crippen molar-refractivity contribution in [3.63, 3.8) is 0 Å². The predicted octanol–water partition coefficient (Wildman–Crippen LogP) is 5.84. The molecule has 0 aliphatic carbocycles. The van der Waals surface area contributed by atoms with Gasteiger partial charge in [-0.25, -0.2) is 0 Å². The lowest BCUT2D eigenvalue weighted by Crippen LogP contribution is -2.37. The normalized spacial score (nSPS) is 14.7. The fourth-order valence-electron chi connectivity index (χ4n) is 4.58. The monoisotopic (exact) mass is 488 g/mol. The lowest BCUT2D eigenvalue weighted by molar-refractivity contribution is -0.120. The van der Waals surface area contributed by atoms with Crippen LogP contribution < -0.4 is 24.4 Å². The molecule has 0 saturated heterocycles. The van der Waals surface area contributed by atoms with E-state index in [2.05, 4.69) is 23.5 Å². The highest BCUT2D eigenvalue weighted by molar-refractivity contribution is 5.95. The van der Waals surface area contributed by atoms with Crippen LogP contribution in [0.5, 0.6) is 17.2 Å². The number of hydrogen-bond donors (Lipinski definition) is 1. The third-order valence-corrected chi connectivity index (χ3v) is 6.54. The number of fused-ring (bicyclic) bond motifs is 1. The number of benzene rings is 3. The minimum absolute atomic E-state index is 0.00825. The number of para-hydroxylation sites is 1. The topological polar surface area (TPSA) is 60.0 Å². The summed E-state index contributed by atoms with van der Waals surface area (Å²) in [6, 6.07) is 21.7. The molecule has 3 aromatic rings. The van der Waals surface area contributed by atoms with Crippen LogP contribution in [0.1, 0.15) is 37.7 Å². The van der Waals surface area contributed by atoms with E-state index < -0.39 is 0 Å². The number of hydrogen-bond acceptors (Lipinski definition) is 5. The molecule has 1 N–H and O–H groups in total. The second kappa shape index (κ2) is 13.0. The molecule has 0 aromatic heterocycles. The van der Waals surface area contributed by atoms with Gasteiger partial charge < -0.3 is 24.4 Å². The van der Waals surface area contributed by atoms with Crippen LogP contribution in [0.2, 0.25) is 0 Å². The smallest absolute Gasteiger partial charge is 0.264 e. The fourth-order valence-corrected chi connectivity index (χ4v) is 4.58. The molecule has 1 heterocycles. The summed E-state index contributed by atoms with van der Waals surface area (Å²) < 4.78 is 16.7. The Balaban J connectivity index is 1.64. The number of nitrogens with zero attached hydrogens (tertiary/aromatic N) is 1. The maximum atomic E-state index is 13.4. The molecule has 36 heavy (non-hydrogen) atoms. The van der Waals surface area contributed by atoms with Gasteiger partial charge in [0.25, 0.3) is 5.91 Å². The third kappa shape index (κ3) is 6.58. The van der Waals surface area contributed by atoms with Crippen molar-refractivity contribution in [1.29, 1.82) is 0 Å². The Morgan fingerprint density at radius 2 is 1.56 bits per heavy atom. The average molecular weight is 489 g/mol. The highest BCUT2D eigenvalue weighted by Gasteiger charge is 2.20. The standard InChI is InChI=1S/C30H36N2O4/c1-34-28-16-14-24(20-29(28)35-2)23-13-15-27-25(19-23)21-31-17-9-4-3-5-10-18-32(27)30(33)22-36-26-11-7-6-8-12-26/h6-8,11-16,19-20,31H,3-5,9-10,17-18,21-22H2,1-2H3. The minimum Gasteiger partial charge on any atom is -0.493 e. The quantitative estimate of drug-likeness (QED) is 0.473. The van der Waals surface area contributed by atoms with Crippen LogP contribution in [-0.4, -0.2) is 39.8 Å². The van der Waals surface area contributed by atoms with Crippen molar-refractivity contribution in [1.82, 2.24) is 5.32 Å². The first kappa shape index (κ1) is 25.6. The SMILES string of the molecule is COc1ccc(-c2ccc3c(c2)CNCCCCCCCN3C(=O)COc2ccccc2)cc1OC. The Morgan fingerprint density at radius 1 is 0.833 bits per heavy atom. The number of nitrogens with one attached hydrogen (secondary N) is 1. The van der Waals surface area contributed by atoms with Crippen molar-refractivity contribution in [3.05, 3.63) is 72.3 Å². The lowest BCUT2D eigenvalue weighted by atomic mass is 10.00. The van der Waals surface area contributed by atoms with Gasteiger partial charge in [-0.3, -0.25) is 4.79 Å². The van der Waals surface area contributed by atoms with Crippen LogP contribution in [0.3, 0.4) is 0 Å². The first-order valence-electron chi connectivity index (χ1n) is 12.7. The van der Waals surface area contributed by atoms with Gasteiger partial charge in [-0.2, -0.15) is 0 Å². The molecular weight excluding hydrogens is 452 g/mol. The molecule has 1 amide bonds. The number of methoxy groups -OCH3 is 2. The van der Waals surface area contributed by atoms with Crippen LogP contribution in [0.25, 0.3) is 11.1 Å². The number of rotatable bonds is 6. The van der Waals surface area contributed by atoms with Crippen molar-refractivity contribution in [2.75, 3.05) is 38.8 Å². The Kier molecular flexibility index (Phi) is 9.22. The van der Waals surface area contributed by atoms with Crippen LogP contribution in [0.15, 0.2) is 66.7 Å². The van der Waals surface area contributed by atoms with Gasteiger partial charge in [0.15, 0.2) is 18.1 Å². The molecule has 3 aromatic carbocycles. The van der Waals surface area contributed by atoms with E-state index in [0.717, 1.165) is 48.2 Å². The molecule has 0 spiro atoms. The largest absolute Gasteiger partial charge is 0.493 e. The number of ether oxygens (including phenoxy) is 3. The summed E-state index contributed by atoms with van der Waals surface area (Å²) in [5.74, 6) is 2.06. The van der Waals surface area contributed by atoms with E-state index in [1.54, 1.807) is 14.2 Å². The predicted molar refractivity (Wildman–Crippen MR) is 144 cm³/mol. The zero-order valence-corrected chi connectivity index (χ0v) is 21.3. The van der Waals surface area contributed by atoms with E-state index in [1.807, 2.05) is 53.4 Å². The molecule has 0 fully saturated rings. The van der Waals surface area contributed by atoms with Gasteiger partial charge in [-0.05, 0) is 72.5 Å². The molecule has 1 aliphatic heterocycles. The molecule has 0 radical (unpaired) electrons. The fraction of sp³-hybridized carbons (Fsp3) is 0.367. The summed E-state index contributed by atoms with van der Waals surface area (Å²) >= 11 is 0. The summed E-state index contributed by atoms with van der Waals surface area (Å²) in [4.78, 5) is 15.3. The molecule has 6 heteroatoms. The molecule has 6 nitrogen and oxygen atoms in total. The van der Waals surface area contributed by atoms with Crippen molar-refractivity contribution in [2.45, 2.75) is 38.6 Å². The number of carbonyl (C=O) groups excluding carboxylic acids is 1. The Labute approximate surface area is 214 Å². The first-order valence-corrected chi connectivity index (χ1v) is 12.7. The molecule has 1 aliphatic rings. The summed E-state index contributed by atoms with van der Waals surface area (Å²) in [6.07, 6.45) is 5.65. The molecule has 0 bridgehead atoms. The van der Waals surface area contributed by atoms with Crippen LogP contribution >= 0.6 is 0 Å². The van der Waals surface area contributed by atoms with Gasteiger partial charge in [0.2, 0.25) is 0 Å². The Morgan fingerprint density at radius 3 is 2.36 bits per heavy atom. The molecule has 0 unspecified atom stereocenters. The molecule has 190 valence electrons. The van der Waals surface area contributed by atoms with Crippen molar-refractivity contribution < 1.29 is 19.0 Å². The second-order valence-electron chi connectivity index (χ2n) is 9.00. The van der Waals surface area contributed by atoms with Crippen LogP contribution in [0.4, 0.5) is 5.69 Å². The zero-order chi connectivity index (χ0) is 25.2. The number of amides is 1. The van der Waals surface area contributed by atoms with Crippen molar-refractivity contribution in [2.24, 2.45) is 0 Å². The van der Waals surface area contributed by atoms with E-state index in [0.29, 0.717) is 30.3 Å². The maximum Gasteiger partial charge on any atom is 0.264 e. The highest BCUT2D eigenvalue weighted by atomic mass is 16.5. The Hall–Kier alpha value is -3.51. The van der Waals surface area contributed by atoms with E-state index in [-0.39, 0.29) is 12.5 Å². The first-order chi connectivity index (χ1) is 17.7. The summed E-state index contributed by atoms with van der Waals surface area (Å²) in [7, 11) is 3.28. The van der Waals surface area contributed by atoms with Gasteiger partial charge >= 0.3 is 0 Å². The lowest BCUT2D eigenvalue weighted by Gasteiger charge is -2.27. The molecule has 4 rings (SSSR count). The summed E-state index contributed by atoms with van der Waals surface area (Å²) in [5, 5.41) is 3.58. The van der Waals surface area contributed by atoms with E-state index in [4.69, 9.17) is 14.2 Å². The van der Waals surface area contributed by atoms with Crippen molar-refractivity contribution >= 4 is 11.6 Å². The van der Waals surface area contributed by atoms with E-state index >= 15 is 0 Å². The average Bonchev–Trinajstić information content (AvgIpc) is 2.92. The minimum atomic E-state index is -0.0315. The van der Waals surface area contributed by atoms with E-state index in [9.17, 15) is 4.79 Å². The summed E-state index contributed by atoms with van der Waals surface area (Å²) in [6.45, 7) is 2.35. The van der Waals surface area contributed by atoms with Gasteiger partial charge in [-0.15, -0.1) is 0 Å². The molecule has 0 saturated carbocycles. The third-order valence-electron chi connectivity index (χ3n) is 6.54. The van der Waals surface area contributed by atoms with Gasteiger partial charge in [0, 0.05) is 18.8 Å². The van der Waals surface area contributed by atoms with E-state index in [1.165, 1.54) is 12.8 Å². The maximum absolute atomic E-state index is 13.4. The van der Waals surface area contributed by atoms with Gasteiger partial charge in [0.05, 0.1) is 14.2 Å².